The van der Waals surface area contributed by atoms with Gasteiger partial charge in [0.1, 0.15) is 11.9 Å². The Morgan fingerprint density at radius 3 is 2.44 bits per heavy atom. The Balaban J connectivity index is 2.67. The summed E-state index contributed by atoms with van der Waals surface area (Å²) in [6.45, 7) is 3.67. The van der Waals surface area contributed by atoms with Gasteiger partial charge in [0.15, 0.2) is 0 Å². The molecule has 0 aliphatic heterocycles. The lowest BCUT2D eigenvalue weighted by Crippen LogP contribution is -2.37. The number of carboxylic acid groups (broad SMARTS) is 1. The van der Waals surface area contributed by atoms with Crippen LogP contribution in [-0.2, 0) is 4.79 Å². The maximum Gasteiger partial charge on any atom is 0.320 e. The van der Waals surface area contributed by atoms with Crippen LogP contribution in [0.2, 0.25) is 0 Å². The fourth-order valence-corrected chi connectivity index (χ4v) is 1.51. The van der Waals surface area contributed by atoms with Gasteiger partial charge in [-0.05, 0) is 31.0 Å². The van der Waals surface area contributed by atoms with Crippen LogP contribution in [0.3, 0.4) is 0 Å². The van der Waals surface area contributed by atoms with E-state index in [0.717, 1.165) is 5.56 Å². The summed E-state index contributed by atoms with van der Waals surface area (Å²) in [4.78, 5) is 10.8. The van der Waals surface area contributed by atoms with Crippen molar-refractivity contribution in [3.05, 3.63) is 35.6 Å². The predicted molar refractivity (Wildman–Crippen MR) is 59.7 cm³/mol. The SMILES string of the molecule is CCC(N[C@H](C)c1ccc(F)cc1)C(=O)O. The van der Waals surface area contributed by atoms with Crippen molar-refractivity contribution in [2.75, 3.05) is 0 Å². The van der Waals surface area contributed by atoms with Crippen molar-refractivity contribution in [2.24, 2.45) is 0 Å². The molecule has 0 radical (unpaired) electrons. The molecule has 0 aliphatic rings. The summed E-state index contributed by atoms with van der Waals surface area (Å²) in [6, 6.07) is 5.37. The third-order valence-corrected chi connectivity index (χ3v) is 2.53. The Labute approximate surface area is 94.3 Å². The normalized spacial score (nSPS) is 14.4. The van der Waals surface area contributed by atoms with E-state index in [1.54, 1.807) is 12.1 Å². The van der Waals surface area contributed by atoms with E-state index in [1.807, 2.05) is 13.8 Å². The first-order chi connectivity index (χ1) is 7.54. The molecule has 0 saturated carbocycles. The molecule has 2 atom stereocenters. The predicted octanol–water partition coefficient (Wildman–Crippen LogP) is 2.34. The molecule has 16 heavy (non-hydrogen) atoms. The van der Waals surface area contributed by atoms with Crippen molar-refractivity contribution < 1.29 is 14.3 Å². The molecule has 1 rings (SSSR count). The summed E-state index contributed by atoms with van der Waals surface area (Å²) in [7, 11) is 0. The summed E-state index contributed by atoms with van der Waals surface area (Å²) in [5.74, 6) is -1.15. The molecule has 1 aromatic carbocycles. The second-order valence-corrected chi connectivity index (χ2v) is 3.74. The number of halogens is 1. The Morgan fingerprint density at radius 2 is 2.00 bits per heavy atom. The van der Waals surface area contributed by atoms with Gasteiger partial charge in [0, 0.05) is 6.04 Å². The van der Waals surface area contributed by atoms with Crippen LogP contribution < -0.4 is 5.32 Å². The maximum absolute atomic E-state index is 12.7. The summed E-state index contributed by atoms with van der Waals surface area (Å²) in [5, 5.41) is 11.9. The number of aliphatic carboxylic acids is 1. The van der Waals surface area contributed by atoms with Gasteiger partial charge in [-0.1, -0.05) is 19.1 Å². The number of carbonyl (C=O) groups is 1. The molecule has 0 spiro atoms. The first-order valence-corrected chi connectivity index (χ1v) is 5.29. The van der Waals surface area contributed by atoms with E-state index in [-0.39, 0.29) is 11.9 Å². The monoisotopic (exact) mass is 225 g/mol. The van der Waals surface area contributed by atoms with Crippen molar-refractivity contribution in [1.82, 2.24) is 5.32 Å². The average Bonchev–Trinajstić information content (AvgIpc) is 2.26. The fourth-order valence-electron chi connectivity index (χ4n) is 1.51. The lowest BCUT2D eigenvalue weighted by atomic mass is 10.1. The van der Waals surface area contributed by atoms with Crippen LogP contribution in [0.5, 0.6) is 0 Å². The summed E-state index contributed by atoms with van der Waals surface area (Å²) in [5.41, 5.74) is 0.876. The third-order valence-electron chi connectivity index (χ3n) is 2.53. The Morgan fingerprint density at radius 1 is 1.44 bits per heavy atom. The molecule has 3 nitrogen and oxygen atoms in total. The van der Waals surface area contributed by atoms with E-state index in [4.69, 9.17) is 5.11 Å². The molecule has 1 unspecified atom stereocenters. The van der Waals surface area contributed by atoms with Gasteiger partial charge in [0.25, 0.3) is 0 Å². The minimum atomic E-state index is -0.864. The Bertz CT molecular complexity index is 351. The van der Waals surface area contributed by atoms with Crippen LogP contribution >= 0.6 is 0 Å². The lowest BCUT2D eigenvalue weighted by Gasteiger charge is -2.19. The second-order valence-electron chi connectivity index (χ2n) is 3.74. The quantitative estimate of drug-likeness (QED) is 0.808. The number of nitrogens with one attached hydrogen (secondary N) is 1. The molecule has 1 aromatic rings. The fraction of sp³-hybridized carbons (Fsp3) is 0.417. The molecule has 88 valence electrons. The zero-order chi connectivity index (χ0) is 12.1. The number of rotatable bonds is 5. The summed E-state index contributed by atoms with van der Waals surface area (Å²) in [6.07, 6.45) is 0.515. The molecule has 0 amide bonds. The molecule has 0 saturated heterocycles. The average molecular weight is 225 g/mol. The van der Waals surface area contributed by atoms with E-state index in [2.05, 4.69) is 5.32 Å². The van der Waals surface area contributed by atoms with Gasteiger partial charge in [-0.3, -0.25) is 10.1 Å². The van der Waals surface area contributed by atoms with Gasteiger partial charge >= 0.3 is 5.97 Å². The van der Waals surface area contributed by atoms with E-state index >= 15 is 0 Å². The molecule has 0 heterocycles. The van der Waals surface area contributed by atoms with Crippen LogP contribution in [0.1, 0.15) is 31.9 Å². The molecule has 2 N–H and O–H groups in total. The molecule has 0 aliphatic carbocycles. The Kier molecular flexibility index (Phi) is 4.43. The van der Waals surface area contributed by atoms with Crippen LogP contribution in [-0.4, -0.2) is 17.1 Å². The van der Waals surface area contributed by atoms with Gasteiger partial charge in [-0.2, -0.15) is 0 Å². The smallest absolute Gasteiger partial charge is 0.320 e. The summed E-state index contributed by atoms with van der Waals surface area (Å²) < 4.78 is 12.7. The van der Waals surface area contributed by atoms with E-state index in [1.165, 1.54) is 12.1 Å². The largest absolute Gasteiger partial charge is 0.480 e. The number of hydrogen-bond donors (Lipinski definition) is 2. The van der Waals surface area contributed by atoms with Crippen molar-refractivity contribution in [3.8, 4) is 0 Å². The van der Waals surface area contributed by atoms with Gasteiger partial charge in [-0.25, -0.2) is 4.39 Å². The zero-order valence-electron chi connectivity index (χ0n) is 9.40. The van der Waals surface area contributed by atoms with Crippen LogP contribution in [0.25, 0.3) is 0 Å². The highest BCUT2D eigenvalue weighted by Crippen LogP contribution is 2.14. The zero-order valence-corrected chi connectivity index (χ0v) is 9.40. The highest BCUT2D eigenvalue weighted by Gasteiger charge is 2.17. The number of carboxylic acids is 1. The van der Waals surface area contributed by atoms with Crippen LogP contribution in [0.4, 0.5) is 4.39 Å². The van der Waals surface area contributed by atoms with Gasteiger partial charge in [0.2, 0.25) is 0 Å². The van der Waals surface area contributed by atoms with Gasteiger partial charge < -0.3 is 5.11 Å². The number of benzene rings is 1. The summed E-state index contributed by atoms with van der Waals surface area (Å²) >= 11 is 0. The van der Waals surface area contributed by atoms with E-state index in [0.29, 0.717) is 6.42 Å². The van der Waals surface area contributed by atoms with Crippen molar-refractivity contribution >= 4 is 5.97 Å². The standard InChI is InChI=1S/C12H16FNO2/c1-3-11(12(15)16)14-8(2)9-4-6-10(13)7-5-9/h4-8,11,14H,3H2,1-2H3,(H,15,16)/t8-,11?/m1/s1. The van der Waals surface area contributed by atoms with Gasteiger partial charge in [-0.15, -0.1) is 0 Å². The molecule has 0 fully saturated rings. The minimum absolute atomic E-state index is 0.110. The Hall–Kier alpha value is -1.42. The topological polar surface area (TPSA) is 49.3 Å². The first kappa shape index (κ1) is 12.6. The van der Waals surface area contributed by atoms with Crippen molar-refractivity contribution in [2.45, 2.75) is 32.4 Å². The van der Waals surface area contributed by atoms with Gasteiger partial charge in [0.05, 0.1) is 0 Å². The second kappa shape index (κ2) is 5.61. The lowest BCUT2D eigenvalue weighted by molar-refractivity contribution is -0.139. The van der Waals surface area contributed by atoms with Crippen LogP contribution in [0.15, 0.2) is 24.3 Å². The van der Waals surface area contributed by atoms with Crippen LogP contribution in [0, 0.1) is 5.82 Å². The van der Waals surface area contributed by atoms with Crippen molar-refractivity contribution in [1.29, 1.82) is 0 Å². The molecular formula is C12H16FNO2. The third kappa shape index (κ3) is 3.31. The molecule has 0 bridgehead atoms. The number of hydrogen-bond acceptors (Lipinski definition) is 2. The highest BCUT2D eigenvalue weighted by atomic mass is 19.1. The minimum Gasteiger partial charge on any atom is -0.480 e. The van der Waals surface area contributed by atoms with E-state index in [9.17, 15) is 9.18 Å². The molecule has 0 aromatic heterocycles. The highest BCUT2D eigenvalue weighted by molar-refractivity contribution is 5.73. The first-order valence-electron chi connectivity index (χ1n) is 5.29. The maximum atomic E-state index is 12.7. The van der Waals surface area contributed by atoms with Crippen molar-refractivity contribution in [3.63, 3.8) is 0 Å². The van der Waals surface area contributed by atoms with E-state index < -0.39 is 12.0 Å². The molecular weight excluding hydrogens is 209 g/mol. The molecule has 4 heteroatoms.